The molecule has 2 rings (SSSR count). The molecular formula is C14H15FN2O2. The first-order valence-corrected chi connectivity index (χ1v) is 5.70. The molecule has 0 amide bonds. The number of hydrogen-bond acceptors (Lipinski definition) is 4. The molecule has 0 saturated heterocycles. The number of halogens is 1. The summed E-state index contributed by atoms with van der Waals surface area (Å²) in [5.41, 5.74) is 0.825. The Labute approximate surface area is 110 Å². The largest absolute Gasteiger partial charge is 0.496 e. The molecule has 100 valence electrons. The van der Waals surface area contributed by atoms with Gasteiger partial charge >= 0.3 is 0 Å². The molecular weight excluding hydrogens is 247 g/mol. The van der Waals surface area contributed by atoms with Gasteiger partial charge in [-0.05, 0) is 36.4 Å². The van der Waals surface area contributed by atoms with Crippen molar-refractivity contribution in [3.63, 3.8) is 0 Å². The summed E-state index contributed by atoms with van der Waals surface area (Å²) in [5, 5.41) is 1.22. The lowest BCUT2D eigenvalue weighted by atomic mass is 10.1. The summed E-state index contributed by atoms with van der Waals surface area (Å²) in [6, 6.07) is 6.46. The number of hydrogen-bond donors (Lipinski definition) is 1. The second-order valence-electron chi connectivity index (χ2n) is 3.97. The number of nitrogens with zero attached hydrogens (tertiary/aromatic N) is 1. The summed E-state index contributed by atoms with van der Waals surface area (Å²) in [5.74, 6) is 6.46. The van der Waals surface area contributed by atoms with Crippen molar-refractivity contribution >= 4 is 17.8 Å². The molecule has 0 fully saturated rings. The van der Waals surface area contributed by atoms with E-state index in [1.54, 1.807) is 43.7 Å². The van der Waals surface area contributed by atoms with Crippen molar-refractivity contribution in [2.45, 2.75) is 0 Å². The smallest absolute Gasteiger partial charge is 0.148 e. The van der Waals surface area contributed by atoms with Gasteiger partial charge < -0.3 is 14.2 Å². The van der Waals surface area contributed by atoms with Crippen LogP contribution in [0.5, 0.6) is 5.75 Å². The molecule has 0 aliphatic carbocycles. The van der Waals surface area contributed by atoms with Gasteiger partial charge in [-0.3, -0.25) is 0 Å². The first-order valence-electron chi connectivity index (χ1n) is 5.70. The average Bonchev–Trinajstić information content (AvgIpc) is 2.88. The van der Waals surface area contributed by atoms with Crippen molar-refractivity contribution in [2.24, 2.45) is 5.84 Å². The minimum Gasteiger partial charge on any atom is -0.496 e. The van der Waals surface area contributed by atoms with Crippen molar-refractivity contribution in [3.05, 3.63) is 47.7 Å². The summed E-state index contributed by atoms with van der Waals surface area (Å²) < 4.78 is 24.3. The van der Waals surface area contributed by atoms with E-state index in [2.05, 4.69) is 0 Å². The minimum absolute atomic E-state index is 0.266. The van der Waals surface area contributed by atoms with Crippen molar-refractivity contribution in [1.82, 2.24) is 0 Å². The highest BCUT2D eigenvalue weighted by atomic mass is 19.1. The summed E-state index contributed by atoms with van der Waals surface area (Å²) in [4.78, 5) is 0. The van der Waals surface area contributed by atoms with E-state index in [9.17, 15) is 4.39 Å². The maximum atomic E-state index is 13.8. The van der Waals surface area contributed by atoms with Gasteiger partial charge in [0, 0.05) is 12.6 Å². The summed E-state index contributed by atoms with van der Waals surface area (Å²) in [6.07, 6.45) is 5.00. The Morgan fingerprint density at radius 3 is 2.68 bits per heavy atom. The Morgan fingerprint density at radius 2 is 2.11 bits per heavy atom. The number of nitrogens with two attached hydrogens (primary N) is 1. The molecule has 19 heavy (non-hydrogen) atoms. The van der Waals surface area contributed by atoms with Gasteiger partial charge in [-0.15, -0.1) is 0 Å². The highest BCUT2D eigenvalue weighted by Crippen LogP contribution is 2.32. The zero-order valence-corrected chi connectivity index (χ0v) is 10.8. The Morgan fingerprint density at radius 1 is 1.32 bits per heavy atom. The van der Waals surface area contributed by atoms with Crippen LogP contribution in [0.25, 0.3) is 12.2 Å². The molecule has 2 aromatic rings. The van der Waals surface area contributed by atoms with Gasteiger partial charge in [0.25, 0.3) is 0 Å². The zero-order valence-electron chi connectivity index (χ0n) is 10.8. The Hall–Kier alpha value is -2.27. The predicted octanol–water partition coefficient (Wildman–Crippen LogP) is 2.91. The van der Waals surface area contributed by atoms with E-state index in [0.717, 1.165) is 0 Å². The zero-order chi connectivity index (χ0) is 13.8. The molecule has 1 heterocycles. The Balaban J connectivity index is 2.50. The normalized spacial score (nSPS) is 10.9. The number of benzene rings is 1. The molecule has 1 aromatic heterocycles. The third-order valence-electron chi connectivity index (χ3n) is 2.66. The molecule has 0 radical (unpaired) electrons. The van der Waals surface area contributed by atoms with Crippen molar-refractivity contribution in [3.8, 4) is 5.75 Å². The first-order chi connectivity index (χ1) is 9.13. The van der Waals surface area contributed by atoms with Crippen LogP contribution in [-0.4, -0.2) is 14.2 Å². The lowest BCUT2D eigenvalue weighted by Crippen LogP contribution is -2.27. The van der Waals surface area contributed by atoms with Crippen LogP contribution >= 0.6 is 0 Å². The fourth-order valence-electron chi connectivity index (χ4n) is 1.81. The minimum atomic E-state index is -0.412. The molecule has 0 aliphatic rings. The summed E-state index contributed by atoms with van der Waals surface area (Å²) in [7, 11) is 3.10. The molecule has 0 spiro atoms. The second-order valence-corrected chi connectivity index (χ2v) is 3.97. The van der Waals surface area contributed by atoms with Crippen LogP contribution in [0.3, 0.4) is 0 Å². The van der Waals surface area contributed by atoms with Gasteiger partial charge in [0.05, 0.1) is 19.1 Å². The third-order valence-corrected chi connectivity index (χ3v) is 2.66. The number of anilines is 1. The molecule has 0 unspecified atom stereocenters. The molecule has 0 aliphatic heterocycles. The van der Waals surface area contributed by atoms with Gasteiger partial charge in [-0.1, -0.05) is 0 Å². The molecule has 4 nitrogen and oxygen atoms in total. The highest BCUT2D eigenvalue weighted by Gasteiger charge is 2.14. The quantitative estimate of drug-likeness (QED) is 0.680. The number of methoxy groups -OCH3 is 1. The van der Waals surface area contributed by atoms with Crippen LogP contribution in [0, 0.1) is 5.82 Å². The topological polar surface area (TPSA) is 51.6 Å². The summed E-state index contributed by atoms with van der Waals surface area (Å²) >= 11 is 0. The maximum absolute atomic E-state index is 13.8. The van der Waals surface area contributed by atoms with Crippen LogP contribution in [0.15, 0.2) is 34.9 Å². The van der Waals surface area contributed by atoms with Gasteiger partial charge in [0.15, 0.2) is 0 Å². The Kier molecular flexibility index (Phi) is 3.87. The van der Waals surface area contributed by atoms with E-state index in [1.807, 2.05) is 0 Å². The Bertz CT molecular complexity index is 577. The van der Waals surface area contributed by atoms with Crippen LogP contribution in [0.4, 0.5) is 10.1 Å². The number of ether oxygens (including phenoxy) is 1. The van der Waals surface area contributed by atoms with Crippen molar-refractivity contribution in [1.29, 1.82) is 0 Å². The molecule has 0 saturated carbocycles. The molecule has 2 N–H and O–H groups in total. The fourth-order valence-corrected chi connectivity index (χ4v) is 1.81. The number of furan rings is 1. The fraction of sp³-hybridized carbons (Fsp3) is 0.143. The van der Waals surface area contributed by atoms with Crippen molar-refractivity contribution < 1.29 is 13.5 Å². The molecule has 5 heteroatoms. The van der Waals surface area contributed by atoms with E-state index in [0.29, 0.717) is 17.1 Å². The molecule has 0 atom stereocenters. The number of rotatable bonds is 4. The van der Waals surface area contributed by atoms with E-state index >= 15 is 0 Å². The van der Waals surface area contributed by atoms with Crippen molar-refractivity contribution in [2.75, 3.05) is 19.2 Å². The lowest BCUT2D eigenvalue weighted by Gasteiger charge is -2.18. The SMILES string of the molecule is COc1ccc(F)c(N(C)N)c1/C=C/c1ccco1. The van der Waals surface area contributed by atoms with Gasteiger partial charge in [-0.2, -0.15) is 0 Å². The van der Waals surface area contributed by atoms with E-state index in [1.165, 1.54) is 18.2 Å². The lowest BCUT2D eigenvalue weighted by molar-refractivity contribution is 0.412. The standard InChI is InChI=1S/C14H15FN2O2/c1-17(16)14-11(6-5-10-4-3-9-19-10)13(18-2)8-7-12(14)15/h3-9H,16H2,1-2H3/b6-5+. The van der Waals surface area contributed by atoms with E-state index in [-0.39, 0.29) is 5.69 Å². The van der Waals surface area contributed by atoms with Crippen LogP contribution in [0.1, 0.15) is 11.3 Å². The average molecular weight is 262 g/mol. The van der Waals surface area contributed by atoms with Gasteiger partial charge in [0.2, 0.25) is 0 Å². The van der Waals surface area contributed by atoms with Crippen LogP contribution < -0.4 is 15.6 Å². The summed E-state index contributed by atoms with van der Waals surface area (Å²) in [6.45, 7) is 0. The second kappa shape index (κ2) is 5.58. The van der Waals surface area contributed by atoms with Gasteiger partial charge in [-0.25, -0.2) is 10.2 Å². The van der Waals surface area contributed by atoms with Crippen LogP contribution in [0.2, 0.25) is 0 Å². The van der Waals surface area contributed by atoms with E-state index in [4.69, 9.17) is 15.0 Å². The molecule has 0 bridgehead atoms. The third kappa shape index (κ3) is 2.77. The predicted molar refractivity (Wildman–Crippen MR) is 73.2 cm³/mol. The van der Waals surface area contributed by atoms with Crippen LogP contribution in [-0.2, 0) is 0 Å². The molecule has 1 aromatic carbocycles. The van der Waals surface area contributed by atoms with Gasteiger partial charge in [0.1, 0.15) is 17.3 Å². The first kappa shape index (κ1) is 13.2. The number of hydrazine groups is 1. The maximum Gasteiger partial charge on any atom is 0.148 e. The monoisotopic (exact) mass is 262 g/mol. The van der Waals surface area contributed by atoms with E-state index < -0.39 is 5.82 Å². The highest BCUT2D eigenvalue weighted by molar-refractivity contribution is 5.79.